The molecule has 4 aliphatic rings. The van der Waals surface area contributed by atoms with Crippen molar-refractivity contribution in [1.29, 1.82) is 0 Å². The number of esters is 1. The van der Waals surface area contributed by atoms with Gasteiger partial charge in [-0.1, -0.05) is 29.5 Å². The molecule has 4 fully saturated rings. The molecule has 0 unspecified atom stereocenters. The topological polar surface area (TPSA) is 99.8 Å². The number of hydrogen-bond donors (Lipinski definition) is 1. The molecule has 0 saturated heterocycles. The maximum absolute atomic E-state index is 13.4. The van der Waals surface area contributed by atoms with Crippen LogP contribution < -0.4 is 5.32 Å². The standard InChI is InChI=1S/C36H35N7O2S/c1-21-27(19-37-43(21)20-36-16-22-13-23(17-36)15-24(14-22)18-36)25-7-8-29-26(33(25)34(44)45-2)11-12-42(29)32-10-9-31(40-41-32)39-35-38-28-5-3-4-6-30(28)46-35/h3-12,19,22-24H,13-18,20H2,1-2H3,(H,38,39,40). The second kappa shape index (κ2) is 10.5. The van der Waals surface area contributed by atoms with Crippen LogP contribution in [0.3, 0.4) is 0 Å². The zero-order chi connectivity index (χ0) is 31.0. The first-order valence-corrected chi connectivity index (χ1v) is 17.0. The van der Waals surface area contributed by atoms with Crippen LogP contribution in [-0.4, -0.2) is 42.6 Å². The molecular weight excluding hydrogens is 595 g/mol. The van der Waals surface area contributed by atoms with Crippen molar-refractivity contribution in [1.82, 2.24) is 29.5 Å². The lowest BCUT2D eigenvalue weighted by Crippen LogP contribution is -2.48. The minimum Gasteiger partial charge on any atom is -0.465 e. The van der Waals surface area contributed by atoms with Gasteiger partial charge in [-0.2, -0.15) is 5.10 Å². The Kier molecular flexibility index (Phi) is 6.32. The molecule has 4 heterocycles. The van der Waals surface area contributed by atoms with Gasteiger partial charge < -0.3 is 10.1 Å². The lowest BCUT2D eigenvalue weighted by molar-refractivity contribution is -0.0638. The lowest BCUT2D eigenvalue weighted by Gasteiger charge is -2.56. The highest BCUT2D eigenvalue weighted by molar-refractivity contribution is 7.22. The van der Waals surface area contributed by atoms with Crippen molar-refractivity contribution in [2.75, 3.05) is 12.4 Å². The summed E-state index contributed by atoms with van der Waals surface area (Å²) in [7, 11) is 1.44. The molecule has 9 nitrogen and oxygen atoms in total. The van der Waals surface area contributed by atoms with Crippen LogP contribution in [0.25, 0.3) is 38.1 Å². The Hall–Kier alpha value is -4.57. The summed E-state index contributed by atoms with van der Waals surface area (Å²) in [6, 6.07) is 17.8. The van der Waals surface area contributed by atoms with Crippen molar-refractivity contribution in [3.05, 3.63) is 78.2 Å². The van der Waals surface area contributed by atoms with Gasteiger partial charge in [0.05, 0.1) is 34.6 Å². The quantitative estimate of drug-likeness (QED) is 0.179. The van der Waals surface area contributed by atoms with Crippen molar-refractivity contribution in [2.45, 2.75) is 52.0 Å². The minimum absolute atomic E-state index is 0.368. The number of nitrogens with zero attached hydrogens (tertiary/aromatic N) is 6. The van der Waals surface area contributed by atoms with Crippen LogP contribution in [-0.2, 0) is 11.3 Å². The average Bonchev–Trinajstić information content (AvgIpc) is 3.76. The van der Waals surface area contributed by atoms with E-state index in [1.54, 1.807) is 11.3 Å². The second-order valence-corrected chi connectivity index (χ2v) is 14.7. The molecule has 10 rings (SSSR count). The second-order valence-electron chi connectivity index (χ2n) is 13.7. The number of carbonyl (C=O) groups is 1. The number of thiazole rings is 1. The highest BCUT2D eigenvalue weighted by Gasteiger charge is 2.51. The maximum atomic E-state index is 13.4. The van der Waals surface area contributed by atoms with Crippen LogP contribution in [0.15, 0.2) is 67.0 Å². The van der Waals surface area contributed by atoms with Crippen LogP contribution in [0.2, 0.25) is 0 Å². The van der Waals surface area contributed by atoms with E-state index < -0.39 is 0 Å². The Morgan fingerprint density at radius 1 is 0.978 bits per heavy atom. The van der Waals surface area contributed by atoms with Crippen LogP contribution in [0, 0.1) is 30.1 Å². The molecule has 1 N–H and O–H groups in total. The van der Waals surface area contributed by atoms with E-state index in [-0.39, 0.29) is 5.97 Å². The lowest BCUT2D eigenvalue weighted by atomic mass is 9.49. The van der Waals surface area contributed by atoms with E-state index in [9.17, 15) is 4.79 Å². The van der Waals surface area contributed by atoms with Crippen molar-refractivity contribution in [3.63, 3.8) is 0 Å². The fraction of sp³-hybridized carbons (Fsp3) is 0.361. The Morgan fingerprint density at radius 2 is 1.76 bits per heavy atom. The SMILES string of the molecule is COC(=O)c1c(-c2cnn(CC34CC5CC(CC(C5)C3)C4)c2C)ccc2c1ccn2-c1ccc(Nc2nc3ccccc3s2)nn1. The van der Waals surface area contributed by atoms with E-state index in [1.165, 1.54) is 45.6 Å². The third-order valence-electron chi connectivity index (χ3n) is 10.7. The summed E-state index contributed by atoms with van der Waals surface area (Å²) in [6.07, 6.45) is 12.2. The number of para-hydroxylation sites is 1. The summed E-state index contributed by atoms with van der Waals surface area (Å²) in [4.78, 5) is 18.0. The number of nitrogens with one attached hydrogen (secondary N) is 1. The van der Waals surface area contributed by atoms with Gasteiger partial charge in [-0.3, -0.25) is 9.25 Å². The van der Waals surface area contributed by atoms with Crippen LogP contribution in [0.1, 0.15) is 54.6 Å². The Labute approximate surface area is 270 Å². The van der Waals surface area contributed by atoms with Crippen molar-refractivity contribution >= 4 is 49.4 Å². The highest BCUT2D eigenvalue weighted by atomic mass is 32.1. The third-order valence-corrected chi connectivity index (χ3v) is 11.7. The van der Waals surface area contributed by atoms with E-state index in [1.807, 2.05) is 65.5 Å². The summed E-state index contributed by atoms with van der Waals surface area (Å²) in [5, 5.41) is 18.7. The highest BCUT2D eigenvalue weighted by Crippen LogP contribution is 2.60. The Balaban J connectivity index is 1.02. The van der Waals surface area contributed by atoms with Gasteiger partial charge in [-0.05, 0) is 105 Å². The van der Waals surface area contributed by atoms with Gasteiger partial charge in [0.25, 0.3) is 0 Å². The molecule has 0 spiro atoms. The predicted molar refractivity (Wildman–Crippen MR) is 180 cm³/mol. The van der Waals surface area contributed by atoms with E-state index in [0.29, 0.717) is 22.6 Å². The average molecular weight is 630 g/mol. The monoisotopic (exact) mass is 629 g/mol. The van der Waals surface area contributed by atoms with Gasteiger partial charge in [0.1, 0.15) is 0 Å². The minimum atomic E-state index is -0.368. The molecule has 6 aromatic rings. The van der Waals surface area contributed by atoms with Crippen LogP contribution >= 0.6 is 11.3 Å². The molecule has 232 valence electrons. The van der Waals surface area contributed by atoms with Crippen LogP contribution in [0.5, 0.6) is 0 Å². The number of fused-ring (bicyclic) bond motifs is 2. The molecule has 0 amide bonds. The van der Waals surface area contributed by atoms with Gasteiger partial charge in [0.2, 0.25) is 0 Å². The fourth-order valence-corrected chi connectivity index (χ4v) is 10.1. The molecule has 0 atom stereocenters. The number of aromatic nitrogens is 6. The molecule has 4 aromatic heterocycles. The van der Waals surface area contributed by atoms with Crippen molar-refractivity contribution in [2.24, 2.45) is 23.2 Å². The smallest absolute Gasteiger partial charge is 0.339 e. The summed E-state index contributed by atoms with van der Waals surface area (Å²) in [5.41, 5.74) is 5.63. The third kappa shape index (κ3) is 4.53. The van der Waals surface area contributed by atoms with E-state index >= 15 is 0 Å². The Morgan fingerprint density at radius 3 is 2.48 bits per heavy atom. The van der Waals surface area contributed by atoms with Gasteiger partial charge >= 0.3 is 5.97 Å². The fourth-order valence-electron chi connectivity index (χ4n) is 9.19. The number of carbonyl (C=O) groups excluding carboxylic acids is 1. The number of rotatable bonds is 7. The van der Waals surface area contributed by atoms with Crippen molar-refractivity contribution < 1.29 is 9.53 Å². The zero-order valence-electron chi connectivity index (χ0n) is 25.9. The van der Waals surface area contributed by atoms with E-state index in [2.05, 4.69) is 38.2 Å². The van der Waals surface area contributed by atoms with Gasteiger partial charge in [-0.25, -0.2) is 9.78 Å². The van der Waals surface area contributed by atoms with Gasteiger partial charge in [-0.15, -0.1) is 10.2 Å². The van der Waals surface area contributed by atoms with E-state index in [4.69, 9.17) is 9.84 Å². The van der Waals surface area contributed by atoms with E-state index in [0.717, 1.165) is 67.4 Å². The molecule has 2 aromatic carbocycles. The summed E-state index contributed by atoms with van der Waals surface area (Å²) in [5.74, 6) is 3.58. The van der Waals surface area contributed by atoms with Gasteiger partial charge in [0.15, 0.2) is 16.8 Å². The zero-order valence-corrected chi connectivity index (χ0v) is 26.8. The van der Waals surface area contributed by atoms with Crippen LogP contribution in [0.4, 0.5) is 10.9 Å². The molecule has 0 radical (unpaired) electrons. The predicted octanol–water partition coefficient (Wildman–Crippen LogP) is 7.95. The normalized spacial score (nSPS) is 23.4. The summed E-state index contributed by atoms with van der Waals surface area (Å²) >= 11 is 1.57. The van der Waals surface area contributed by atoms with Gasteiger partial charge in [0, 0.05) is 34.9 Å². The molecule has 46 heavy (non-hydrogen) atoms. The Bertz CT molecular complexity index is 2060. The number of anilines is 2. The molecule has 0 aliphatic heterocycles. The first-order valence-electron chi connectivity index (χ1n) is 16.2. The first-order chi connectivity index (χ1) is 22.4. The maximum Gasteiger partial charge on any atom is 0.339 e. The number of hydrogen-bond acceptors (Lipinski definition) is 8. The first kappa shape index (κ1) is 27.7. The molecule has 4 saturated carbocycles. The summed E-state index contributed by atoms with van der Waals surface area (Å²) in [6.45, 7) is 3.11. The molecular formula is C36H35N7O2S. The number of methoxy groups -OCH3 is 1. The molecule has 4 bridgehead atoms. The molecule has 10 heteroatoms. The largest absolute Gasteiger partial charge is 0.465 e. The summed E-state index contributed by atoms with van der Waals surface area (Å²) < 4.78 is 10.6. The van der Waals surface area contributed by atoms with Crippen molar-refractivity contribution in [3.8, 4) is 16.9 Å². The molecule has 4 aliphatic carbocycles. The number of ether oxygens (including phenoxy) is 1. The number of benzene rings is 2.